The van der Waals surface area contributed by atoms with E-state index in [0.717, 1.165) is 12.1 Å². The van der Waals surface area contributed by atoms with Gasteiger partial charge in [0.2, 0.25) is 0 Å². The van der Waals surface area contributed by atoms with Crippen molar-refractivity contribution in [1.82, 2.24) is 0 Å². The summed E-state index contributed by atoms with van der Waals surface area (Å²) < 4.78 is 0.589. The van der Waals surface area contributed by atoms with Crippen LogP contribution in [0.25, 0.3) is 0 Å². The Morgan fingerprint density at radius 2 is 1.88 bits per heavy atom. The standard InChI is InChI=1S/C15H23N2/c1-6-10-13(2)15(16-17(3,4)5)14-11-8-7-9-12-14/h6-9,11-13H,1,10H2,2-5H3/q+1. The number of hydrogen-bond donors (Lipinski definition) is 0. The van der Waals surface area contributed by atoms with E-state index in [9.17, 15) is 0 Å². The van der Waals surface area contributed by atoms with Gasteiger partial charge in [0.1, 0.15) is 5.71 Å². The van der Waals surface area contributed by atoms with Crippen LogP contribution in [0.2, 0.25) is 0 Å². The van der Waals surface area contributed by atoms with Crippen LogP contribution < -0.4 is 0 Å². The highest BCUT2D eigenvalue weighted by Gasteiger charge is 2.17. The summed E-state index contributed by atoms with van der Waals surface area (Å²) in [4.78, 5) is 0. The fourth-order valence-corrected chi connectivity index (χ4v) is 1.73. The average Bonchev–Trinajstić information content (AvgIpc) is 2.26. The minimum Gasteiger partial charge on any atom is -0.205 e. The lowest BCUT2D eigenvalue weighted by molar-refractivity contribution is -0.877. The van der Waals surface area contributed by atoms with Crippen molar-refractivity contribution in [3.05, 3.63) is 48.6 Å². The fraction of sp³-hybridized carbons (Fsp3) is 0.400. The molecule has 1 unspecified atom stereocenters. The van der Waals surface area contributed by atoms with E-state index in [0.29, 0.717) is 10.5 Å². The van der Waals surface area contributed by atoms with E-state index < -0.39 is 0 Å². The molecule has 1 aromatic carbocycles. The van der Waals surface area contributed by atoms with E-state index in [-0.39, 0.29) is 0 Å². The predicted molar refractivity (Wildman–Crippen MR) is 75.0 cm³/mol. The zero-order chi connectivity index (χ0) is 12.9. The Bertz CT molecular complexity index is 385. The zero-order valence-corrected chi connectivity index (χ0v) is 11.4. The zero-order valence-electron chi connectivity index (χ0n) is 11.4. The summed E-state index contributed by atoms with van der Waals surface area (Å²) in [6.07, 6.45) is 2.91. The van der Waals surface area contributed by atoms with E-state index in [4.69, 9.17) is 5.10 Å². The molecule has 0 aliphatic rings. The molecule has 0 N–H and O–H groups in total. The first-order chi connectivity index (χ1) is 7.94. The highest BCUT2D eigenvalue weighted by molar-refractivity contribution is 6.01. The Balaban J connectivity index is 3.12. The van der Waals surface area contributed by atoms with Crippen molar-refractivity contribution in [2.45, 2.75) is 13.3 Å². The molecule has 0 aliphatic heterocycles. The first-order valence-corrected chi connectivity index (χ1v) is 6.02. The lowest BCUT2D eigenvalue weighted by Gasteiger charge is -2.20. The minimum absolute atomic E-state index is 0.396. The normalized spacial score (nSPS) is 14.5. The van der Waals surface area contributed by atoms with Crippen LogP contribution in [0.1, 0.15) is 18.9 Å². The minimum atomic E-state index is 0.396. The van der Waals surface area contributed by atoms with Gasteiger partial charge in [-0.2, -0.15) is 0 Å². The molecular weight excluding hydrogens is 208 g/mol. The van der Waals surface area contributed by atoms with Gasteiger partial charge in [-0.05, 0) is 6.42 Å². The molecule has 0 heterocycles. The Morgan fingerprint density at radius 3 is 2.35 bits per heavy atom. The first kappa shape index (κ1) is 13.7. The van der Waals surface area contributed by atoms with Gasteiger partial charge in [-0.1, -0.05) is 48.4 Å². The molecular formula is C15H23N2+. The molecule has 1 aromatic rings. The van der Waals surface area contributed by atoms with Crippen LogP contribution >= 0.6 is 0 Å². The Labute approximate surface area is 105 Å². The summed E-state index contributed by atoms with van der Waals surface area (Å²) in [7, 11) is 6.22. The third-order valence-electron chi connectivity index (χ3n) is 2.46. The second-order valence-electron chi connectivity index (χ2n) is 5.22. The van der Waals surface area contributed by atoms with Crippen molar-refractivity contribution in [2.24, 2.45) is 11.0 Å². The van der Waals surface area contributed by atoms with Crippen molar-refractivity contribution < 1.29 is 4.59 Å². The van der Waals surface area contributed by atoms with Crippen molar-refractivity contribution in [2.75, 3.05) is 21.1 Å². The molecule has 2 nitrogen and oxygen atoms in total. The molecule has 1 atom stereocenters. The van der Waals surface area contributed by atoms with Crippen LogP contribution in [0.15, 0.2) is 48.1 Å². The van der Waals surface area contributed by atoms with Gasteiger partial charge in [-0.25, -0.2) is 4.59 Å². The van der Waals surface area contributed by atoms with Crippen LogP contribution in [-0.4, -0.2) is 31.4 Å². The molecule has 0 amide bonds. The third kappa shape index (κ3) is 4.53. The van der Waals surface area contributed by atoms with E-state index in [1.165, 1.54) is 5.56 Å². The summed E-state index contributed by atoms with van der Waals surface area (Å²) in [5.74, 6) is 0.396. The third-order valence-corrected chi connectivity index (χ3v) is 2.46. The molecule has 0 bridgehead atoms. The molecule has 92 valence electrons. The van der Waals surface area contributed by atoms with E-state index >= 15 is 0 Å². The highest BCUT2D eigenvalue weighted by Crippen LogP contribution is 2.15. The van der Waals surface area contributed by atoms with Crippen LogP contribution in [-0.2, 0) is 0 Å². The molecule has 0 spiro atoms. The number of benzene rings is 1. The molecule has 0 radical (unpaired) electrons. The molecule has 2 heteroatoms. The summed E-state index contributed by atoms with van der Waals surface area (Å²) in [6, 6.07) is 10.4. The molecule has 0 fully saturated rings. The van der Waals surface area contributed by atoms with Crippen LogP contribution in [0.5, 0.6) is 0 Å². The summed E-state index contributed by atoms with van der Waals surface area (Å²) >= 11 is 0. The topological polar surface area (TPSA) is 12.4 Å². The lowest BCUT2D eigenvalue weighted by atomic mass is 9.95. The number of nitrogens with zero attached hydrogens (tertiary/aromatic N) is 2. The maximum Gasteiger partial charge on any atom is 0.106 e. The maximum absolute atomic E-state index is 4.80. The Kier molecular flexibility index (Phi) is 4.64. The summed E-state index contributed by atoms with van der Waals surface area (Å²) in [5, 5.41) is 4.80. The van der Waals surface area contributed by atoms with Crippen molar-refractivity contribution in [1.29, 1.82) is 0 Å². The molecule has 0 saturated carbocycles. The SMILES string of the molecule is C=CCC(C)C(=N[N+](C)(C)C)c1ccccc1. The molecule has 1 rings (SSSR count). The van der Waals surface area contributed by atoms with Gasteiger partial charge in [-0.15, -0.1) is 6.58 Å². The monoisotopic (exact) mass is 231 g/mol. The smallest absolute Gasteiger partial charge is 0.106 e. The van der Waals surface area contributed by atoms with Crippen LogP contribution in [0.3, 0.4) is 0 Å². The van der Waals surface area contributed by atoms with Gasteiger partial charge >= 0.3 is 0 Å². The first-order valence-electron chi connectivity index (χ1n) is 6.02. The van der Waals surface area contributed by atoms with Gasteiger partial charge in [0.25, 0.3) is 0 Å². The number of hydrogen-bond acceptors (Lipinski definition) is 1. The molecule has 0 saturated heterocycles. The Hall–Kier alpha value is -1.41. The molecule has 0 aromatic heterocycles. The highest BCUT2D eigenvalue weighted by atomic mass is 15.6. The van der Waals surface area contributed by atoms with Gasteiger partial charge in [0.15, 0.2) is 0 Å². The van der Waals surface area contributed by atoms with Crippen molar-refractivity contribution in [3.63, 3.8) is 0 Å². The predicted octanol–water partition coefficient (Wildman–Crippen LogP) is 3.31. The van der Waals surface area contributed by atoms with Gasteiger partial charge < -0.3 is 0 Å². The number of allylic oxidation sites excluding steroid dienone is 1. The summed E-state index contributed by atoms with van der Waals surface area (Å²) in [5.41, 5.74) is 2.35. The van der Waals surface area contributed by atoms with Gasteiger partial charge in [0.05, 0.1) is 21.1 Å². The van der Waals surface area contributed by atoms with E-state index in [1.54, 1.807) is 0 Å². The summed E-state index contributed by atoms with van der Waals surface area (Å²) in [6.45, 7) is 6.01. The quantitative estimate of drug-likeness (QED) is 0.319. The van der Waals surface area contributed by atoms with E-state index in [1.807, 2.05) is 12.1 Å². The largest absolute Gasteiger partial charge is 0.205 e. The van der Waals surface area contributed by atoms with Gasteiger partial charge in [0, 0.05) is 11.5 Å². The molecule has 0 aliphatic carbocycles. The van der Waals surface area contributed by atoms with Gasteiger partial charge in [-0.3, -0.25) is 0 Å². The Morgan fingerprint density at radius 1 is 1.29 bits per heavy atom. The fourth-order valence-electron chi connectivity index (χ4n) is 1.73. The maximum atomic E-state index is 4.80. The second-order valence-corrected chi connectivity index (χ2v) is 5.22. The molecule has 17 heavy (non-hydrogen) atoms. The number of rotatable bonds is 5. The average molecular weight is 231 g/mol. The number of quaternary nitrogens is 1. The second kappa shape index (κ2) is 5.78. The van der Waals surface area contributed by atoms with Crippen molar-refractivity contribution >= 4 is 5.71 Å². The van der Waals surface area contributed by atoms with Crippen LogP contribution in [0, 0.1) is 5.92 Å². The van der Waals surface area contributed by atoms with Crippen molar-refractivity contribution in [3.8, 4) is 0 Å². The lowest BCUT2D eigenvalue weighted by Crippen LogP contribution is -2.31. The van der Waals surface area contributed by atoms with E-state index in [2.05, 4.69) is 58.9 Å². The van der Waals surface area contributed by atoms with Crippen LogP contribution in [0.4, 0.5) is 0 Å².